The molecule has 0 unspecified atom stereocenters. The lowest BCUT2D eigenvalue weighted by atomic mass is 10.2. The summed E-state index contributed by atoms with van der Waals surface area (Å²) in [4.78, 5) is 26.2. The molecule has 1 amide bonds. The summed E-state index contributed by atoms with van der Waals surface area (Å²) in [6.07, 6.45) is 0.856. The Bertz CT molecular complexity index is 649. The van der Waals surface area contributed by atoms with Gasteiger partial charge in [0.1, 0.15) is 5.69 Å². The van der Waals surface area contributed by atoms with Crippen molar-refractivity contribution in [2.45, 2.75) is 19.8 Å². The zero-order valence-corrected chi connectivity index (χ0v) is 11.9. The number of carbonyl (C=O) groups excluding carboxylic acids is 2. The van der Waals surface area contributed by atoms with Crippen molar-refractivity contribution in [3.05, 3.63) is 30.0 Å². The minimum atomic E-state index is -0.243. The third kappa shape index (κ3) is 3.98. The Balaban J connectivity index is 1.86. The van der Waals surface area contributed by atoms with Gasteiger partial charge in [0.15, 0.2) is 0 Å². The van der Waals surface area contributed by atoms with Gasteiger partial charge in [-0.2, -0.15) is 0 Å². The highest BCUT2D eigenvalue weighted by molar-refractivity contribution is 5.98. The van der Waals surface area contributed by atoms with Crippen molar-refractivity contribution in [3.8, 4) is 0 Å². The molecule has 1 aromatic heterocycles. The predicted molar refractivity (Wildman–Crippen MR) is 80.9 cm³/mol. The highest BCUT2D eigenvalue weighted by Gasteiger charge is 2.09. The first-order valence-electron chi connectivity index (χ1n) is 6.92. The third-order valence-electron chi connectivity index (χ3n) is 3.04. The van der Waals surface area contributed by atoms with Crippen LogP contribution in [0.25, 0.3) is 10.9 Å². The zero-order valence-electron chi connectivity index (χ0n) is 11.9. The summed E-state index contributed by atoms with van der Waals surface area (Å²) in [5.41, 5.74) is 7.70. The van der Waals surface area contributed by atoms with Gasteiger partial charge >= 0.3 is 5.97 Å². The minimum absolute atomic E-state index is 0.200. The second kappa shape index (κ2) is 6.78. The molecule has 0 aliphatic rings. The fourth-order valence-electron chi connectivity index (χ4n) is 2.04. The van der Waals surface area contributed by atoms with Crippen molar-refractivity contribution in [1.29, 1.82) is 0 Å². The van der Waals surface area contributed by atoms with E-state index in [-0.39, 0.29) is 11.9 Å². The van der Waals surface area contributed by atoms with Crippen LogP contribution in [0.5, 0.6) is 0 Å². The molecular weight excluding hydrogens is 270 g/mol. The number of H-pyrrole nitrogens is 1. The van der Waals surface area contributed by atoms with E-state index in [2.05, 4.69) is 10.3 Å². The maximum atomic E-state index is 12.0. The van der Waals surface area contributed by atoms with Gasteiger partial charge in [-0.15, -0.1) is 0 Å². The van der Waals surface area contributed by atoms with Gasteiger partial charge in [-0.25, -0.2) is 0 Å². The van der Waals surface area contributed by atoms with Gasteiger partial charge in [0.2, 0.25) is 0 Å². The fourth-order valence-corrected chi connectivity index (χ4v) is 2.04. The predicted octanol–water partition coefficient (Wildman–Crippen LogP) is 1.82. The number of fused-ring (bicyclic) bond motifs is 1. The summed E-state index contributed by atoms with van der Waals surface area (Å²) in [6.45, 7) is 2.57. The Morgan fingerprint density at radius 1 is 1.33 bits per heavy atom. The molecule has 0 saturated heterocycles. The zero-order chi connectivity index (χ0) is 15.2. The molecule has 0 fully saturated rings. The van der Waals surface area contributed by atoms with Crippen LogP contribution in [0.15, 0.2) is 24.3 Å². The summed E-state index contributed by atoms with van der Waals surface area (Å²) < 4.78 is 4.81. The van der Waals surface area contributed by atoms with Gasteiger partial charge in [0.05, 0.1) is 6.61 Å². The Morgan fingerprint density at radius 3 is 2.90 bits per heavy atom. The fraction of sp³-hybridized carbons (Fsp3) is 0.333. The smallest absolute Gasteiger partial charge is 0.305 e. The number of hydrogen-bond donors (Lipinski definition) is 3. The first-order valence-corrected chi connectivity index (χ1v) is 6.92. The van der Waals surface area contributed by atoms with E-state index in [4.69, 9.17) is 10.5 Å². The molecule has 2 aromatic rings. The van der Waals surface area contributed by atoms with Crippen LogP contribution in [0.2, 0.25) is 0 Å². The molecule has 6 heteroatoms. The molecule has 0 spiro atoms. The molecule has 6 nitrogen and oxygen atoms in total. The van der Waals surface area contributed by atoms with Crippen molar-refractivity contribution >= 4 is 28.5 Å². The van der Waals surface area contributed by atoms with E-state index in [1.807, 2.05) is 12.1 Å². The first-order chi connectivity index (χ1) is 10.1. The van der Waals surface area contributed by atoms with Crippen LogP contribution in [0.4, 0.5) is 5.69 Å². The lowest BCUT2D eigenvalue weighted by molar-refractivity contribution is -0.143. The number of esters is 1. The maximum absolute atomic E-state index is 12.0. The second-order valence-electron chi connectivity index (χ2n) is 4.69. The number of hydrogen-bond acceptors (Lipinski definition) is 4. The summed E-state index contributed by atoms with van der Waals surface area (Å²) >= 11 is 0. The number of carbonyl (C=O) groups is 2. The quantitative estimate of drug-likeness (QED) is 0.429. The van der Waals surface area contributed by atoms with E-state index in [1.54, 1.807) is 19.1 Å². The third-order valence-corrected chi connectivity index (χ3v) is 3.04. The highest BCUT2D eigenvalue weighted by Crippen LogP contribution is 2.18. The number of nitrogen functional groups attached to an aromatic ring is 1. The average Bonchev–Trinajstić information content (AvgIpc) is 2.86. The van der Waals surface area contributed by atoms with Gasteiger partial charge < -0.3 is 20.8 Å². The largest absolute Gasteiger partial charge is 0.466 e. The summed E-state index contributed by atoms with van der Waals surface area (Å²) in [6, 6.07) is 7.18. The molecule has 21 heavy (non-hydrogen) atoms. The Hall–Kier alpha value is -2.50. The van der Waals surface area contributed by atoms with E-state index in [9.17, 15) is 9.59 Å². The van der Waals surface area contributed by atoms with E-state index in [0.29, 0.717) is 37.4 Å². The van der Waals surface area contributed by atoms with Gasteiger partial charge in [-0.1, -0.05) is 0 Å². The van der Waals surface area contributed by atoms with Gasteiger partial charge in [0, 0.05) is 29.6 Å². The average molecular weight is 289 g/mol. The lowest BCUT2D eigenvalue weighted by Gasteiger charge is -2.03. The summed E-state index contributed by atoms with van der Waals surface area (Å²) in [5, 5.41) is 3.66. The second-order valence-corrected chi connectivity index (χ2v) is 4.69. The number of nitrogens with one attached hydrogen (secondary N) is 2. The van der Waals surface area contributed by atoms with Crippen LogP contribution >= 0.6 is 0 Å². The number of ether oxygens (including phenoxy) is 1. The van der Waals surface area contributed by atoms with E-state index in [1.165, 1.54) is 0 Å². The Morgan fingerprint density at radius 2 is 2.14 bits per heavy atom. The van der Waals surface area contributed by atoms with Crippen molar-refractivity contribution in [1.82, 2.24) is 10.3 Å². The van der Waals surface area contributed by atoms with Gasteiger partial charge in [-0.3, -0.25) is 9.59 Å². The van der Waals surface area contributed by atoms with Crippen molar-refractivity contribution < 1.29 is 14.3 Å². The molecule has 0 aliphatic carbocycles. The van der Waals surface area contributed by atoms with Crippen molar-refractivity contribution in [2.24, 2.45) is 0 Å². The normalized spacial score (nSPS) is 10.5. The Labute approximate surface area is 122 Å². The molecule has 0 radical (unpaired) electrons. The van der Waals surface area contributed by atoms with Crippen LogP contribution in [-0.2, 0) is 9.53 Å². The first kappa shape index (κ1) is 14.9. The number of anilines is 1. The molecule has 0 atom stereocenters. The van der Waals surface area contributed by atoms with Gasteiger partial charge in [0.25, 0.3) is 5.91 Å². The molecule has 0 saturated carbocycles. The van der Waals surface area contributed by atoms with Crippen LogP contribution in [0.1, 0.15) is 30.3 Å². The van der Waals surface area contributed by atoms with Crippen LogP contribution < -0.4 is 11.1 Å². The standard InChI is InChI=1S/C15H19N3O3/c1-2-21-14(19)4-3-7-17-15(20)13-9-10-8-11(16)5-6-12(10)18-13/h5-6,8-9,18H,2-4,7,16H2,1H3,(H,17,20). The summed E-state index contributed by atoms with van der Waals surface area (Å²) in [7, 11) is 0. The Kier molecular flexibility index (Phi) is 4.81. The molecule has 2 rings (SSSR count). The monoisotopic (exact) mass is 289 g/mol. The van der Waals surface area contributed by atoms with Crippen LogP contribution in [0, 0.1) is 0 Å². The van der Waals surface area contributed by atoms with Crippen molar-refractivity contribution in [2.75, 3.05) is 18.9 Å². The van der Waals surface area contributed by atoms with Crippen LogP contribution in [-0.4, -0.2) is 30.0 Å². The van der Waals surface area contributed by atoms with Crippen LogP contribution in [0.3, 0.4) is 0 Å². The SMILES string of the molecule is CCOC(=O)CCCNC(=O)c1cc2cc(N)ccc2[nH]1. The molecule has 1 heterocycles. The highest BCUT2D eigenvalue weighted by atomic mass is 16.5. The molecule has 0 bridgehead atoms. The molecule has 112 valence electrons. The number of rotatable bonds is 6. The summed E-state index contributed by atoms with van der Waals surface area (Å²) in [5.74, 6) is -0.443. The number of amides is 1. The molecule has 4 N–H and O–H groups in total. The van der Waals surface area contributed by atoms with E-state index < -0.39 is 0 Å². The topological polar surface area (TPSA) is 97.2 Å². The van der Waals surface area contributed by atoms with Crippen molar-refractivity contribution in [3.63, 3.8) is 0 Å². The lowest BCUT2D eigenvalue weighted by Crippen LogP contribution is -2.25. The maximum Gasteiger partial charge on any atom is 0.305 e. The number of aromatic amines is 1. The van der Waals surface area contributed by atoms with Gasteiger partial charge in [-0.05, 0) is 37.6 Å². The molecular formula is C15H19N3O3. The number of nitrogens with two attached hydrogens (primary N) is 1. The van der Waals surface area contributed by atoms with E-state index in [0.717, 1.165) is 10.9 Å². The molecule has 1 aromatic carbocycles. The number of aromatic nitrogens is 1. The number of benzene rings is 1. The minimum Gasteiger partial charge on any atom is -0.466 e. The van der Waals surface area contributed by atoms with E-state index >= 15 is 0 Å². The molecule has 0 aliphatic heterocycles.